The van der Waals surface area contributed by atoms with Crippen LogP contribution in [0.2, 0.25) is 0 Å². The lowest BCUT2D eigenvalue weighted by atomic mass is 10.1. The van der Waals surface area contributed by atoms with Gasteiger partial charge in [-0.1, -0.05) is 30.3 Å². The Hall–Kier alpha value is -1.85. The monoisotopic (exact) mass is 303 g/mol. The van der Waals surface area contributed by atoms with Crippen LogP contribution in [-0.2, 0) is 13.2 Å². The minimum absolute atomic E-state index is 0.0127. The summed E-state index contributed by atoms with van der Waals surface area (Å²) in [6.07, 6.45) is 3.85. The highest BCUT2D eigenvalue weighted by Crippen LogP contribution is 2.10. The Morgan fingerprint density at radius 3 is 2.64 bits per heavy atom. The number of carbonyl (C=O) groups excluding carboxylic acids is 1. The molecule has 1 aromatic rings. The van der Waals surface area contributed by atoms with E-state index in [0.717, 1.165) is 43.6 Å². The highest BCUT2D eigenvalue weighted by molar-refractivity contribution is 5.74. The van der Waals surface area contributed by atoms with Crippen molar-refractivity contribution < 1.29 is 9.90 Å². The maximum absolute atomic E-state index is 12.0. The average molecular weight is 303 g/mol. The van der Waals surface area contributed by atoms with Crippen molar-refractivity contribution >= 4 is 6.03 Å². The van der Waals surface area contributed by atoms with Crippen molar-refractivity contribution in [3.8, 4) is 0 Å². The first-order chi connectivity index (χ1) is 10.7. The van der Waals surface area contributed by atoms with E-state index in [-0.39, 0.29) is 18.7 Å². The second-order valence-corrected chi connectivity index (χ2v) is 5.62. The molecule has 0 atom stereocenters. The first-order valence-electron chi connectivity index (χ1n) is 7.78. The van der Waals surface area contributed by atoms with E-state index < -0.39 is 0 Å². The van der Waals surface area contributed by atoms with Gasteiger partial charge in [-0.15, -0.1) is 6.58 Å². The summed E-state index contributed by atoms with van der Waals surface area (Å²) in [7, 11) is 0. The van der Waals surface area contributed by atoms with E-state index in [4.69, 9.17) is 0 Å². The van der Waals surface area contributed by atoms with Gasteiger partial charge in [-0.25, -0.2) is 4.79 Å². The molecule has 1 aliphatic rings. The number of hydrogen-bond donors (Lipinski definition) is 3. The van der Waals surface area contributed by atoms with Crippen LogP contribution < -0.4 is 10.6 Å². The zero-order valence-corrected chi connectivity index (χ0v) is 12.9. The number of urea groups is 1. The molecule has 1 aliphatic heterocycles. The number of hydrogen-bond acceptors (Lipinski definition) is 3. The lowest BCUT2D eigenvalue weighted by Crippen LogP contribution is -2.47. The molecule has 0 bridgehead atoms. The van der Waals surface area contributed by atoms with E-state index in [0.29, 0.717) is 6.54 Å². The van der Waals surface area contributed by atoms with Crippen LogP contribution in [0.4, 0.5) is 4.79 Å². The van der Waals surface area contributed by atoms with Gasteiger partial charge in [0.2, 0.25) is 0 Å². The quantitative estimate of drug-likeness (QED) is 0.700. The maximum atomic E-state index is 12.0. The van der Waals surface area contributed by atoms with E-state index in [2.05, 4.69) is 22.1 Å². The molecular weight excluding hydrogens is 278 g/mol. The summed E-state index contributed by atoms with van der Waals surface area (Å²) in [5.74, 6) is 0. The third-order valence-corrected chi connectivity index (χ3v) is 4.04. The van der Waals surface area contributed by atoms with Crippen LogP contribution in [-0.4, -0.2) is 41.7 Å². The highest BCUT2D eigenvalue weighted by Gasteiger charge is 2.19. The van der Waals surface area contributed by atoms with Crippen LogP contribution in [0.15, 0.2) is 36.9 Å². The molecule has 1 fully saturated rings. The van der Waals surface area contributed by atoms with Gasteiger partial charge in [0.05, 0.1) is 6.61 Å². The second-order valence-electron chi connectivity index (χ2n) is 5.62. The molecule has 0 saturated carbocycles. The first-order valence-corrected chi connectivity index (χ1v) is 7.78. The van der Waals surface area contributed by atoms with Crippen LogP contribution in [0.3, 0.4) is 0 Å². The molecule has 22 heavy (non-hydrogen) atoms. The molecule has 0 aliphatic carbocycles. The largest absolute Gasteiger partial charge is 0.392 e. The number of likely N-dealkylation sites (tertiary alicyclic amines) is 1. The zero-order chi connectivity index (χ0) is 15.8. The molecule has 120 valence electrons. The first kappa shape index (κ1) is 16.5. The van der Waals surface area contributed by atoms with Gasteiger partial charge in [-0.05, 0) is 24.0 Å². The Bertz CT molecular complexity index is 496. The number of nitrogens with zero attached hydrogens (tertiary/aromatic N) is 1. The van der Waals surface area contributed by atoms with E-state index in [1.807, 2.05) is 30.3 Å². The van der Waals surface area contributed by atoms with Crippen molar-refractivity contribution in [2.24, 2.45) is 0 Å². The summed E-state index contributed by atoms with van der Waals surface area (Å²) in [5.41, 5.74) is 1.79. The summed E-state index contributed by atoms with van der Waals surface area (Å²) in [5, 5.41) is 15.2. The lowest BCUT2D eigenvalue weighted by Gasteiger charge is -2.31. The van der Waals surface area contributed by atoms with Crippen molar-refractivity contribution in [1.29, 1.82) is 0 Å². The molecule has 0 aromatic heterocycles. The molecule has 2 amide bonds. The van der Waals surface area contributed by atoms with Crippen LogP contribution in [0.1, 0.15) is 24.0 Å². The number of carbonyl (C=O) groups is 1. The van der Waals surface area contributed by atoms with Crippen LogP contribution in [0, 0.1) is 0 Å². The molecule has 0 unspecified atom stereocenters. The molecule has 5 nitrogen and oxygen atoms in total. The molecule has 0 radical (unpaired) electrons. The summed E-state index contributed by atoms with van der Waals surface area (Å²) >= 11 is 0. The highest BCUT2D eigenvalue weighted by atomic mass is 16.3. The van der Waals surface area contributed by atoms with Crippen molar-refractivity contribution in [3.05, 3.63) is 48.0 Å². The van der Waals surface area contributed by atoms with Crippen LogP contribution in [0.5, 0.6) is 0 Å². The smallest absolute Gasteiger partial charge is 0.315 e. The minimum atomic E-state index is -0.144. The number of rotatable bonds is 6. The third kappa shape index (κ3) is 4.86. The van der Waals surface area contributed by atoms with Gasteiger partial charge >= 0.3 is 6.03 Å². The number of piperidine rings is 1. The molecule has 1 aromatic carbocycles. The van der Waals surface area contributed by atoms with Crippen LogP contribution >= 0.6 is 0 Å². The van der Waals surface area contributed by atoms with E-state index in [1.165, 1.54) is 0 Å². The van der Waals surface area contributed by atoms with Crippen molar-refractivity contribution in [3.63, 3.8) is 0 Å². The average Bonchev–Trinajstić information content (AvgIpc) is 2.55. The minimum Gasteiger partial charge on any atom is -0.392 e. The molecular formula is C17H25N3O2. The Labute approximate surface area is 132 Å². The summed E-state index contributed by atoms with van der Waals surface area (Å²) in [6, 6.07) is 7.66. The zero-order valence-electron chi connectivity index (χ0n) is 12.9. The fourth-order valence-electron chi connectivity index (χ4n) is 2.74. The summed E-state index contributed by atoms with van der Waals surface area (Å²) in [4.78, 5) is 14.3. The standard InChI is InChI=1S/C17H25N3O2/c1-2-9-20-10-7-16(8-11-20)19-17(22)18-12-14-5-3-4-6-15(14)13-21/h2-6,16,21H,1,7-13H2,(H2,18,19,22). The van der Waals surface area contributed by atoms with Gasteiger partial charge in [0.1, 0.15) is 0 Å². The Kier molecular flexibility index (Phi) is 6.43. The Balaban J connectivity index is 1.73. The predicted octanol–water partition coefficient (Wildman–Crippen LogP) is 1.63. The van der Waals surface area contributed by atoms with Gasteiger partial charge in [0.25, 0.3) is 0 Å². The van der Waals surface area contributed by atoms with Gasteiger partial charge in [0, 0.05) is 32.2 Å². The maximum Gasteiger partial charge on any atom is 0.315 e. The van der Waals surface area contributed by atoms with Crippen LogP contribution in [0.25, 0.3) is 0 Å². The normalized spacial score (nSPS) is 16.2. The topological polar surface area (TPSA) is 64.6 Å². The molecule has 5 heteroatoms. The lowest BCUT2D eigenvalue weighted by molar-refractivity contribution is 0.204. The molecule has 1 heterocycles. The van der Waals surface area contributed by atoms with E-state index in [1.54, 1.807) is 0 Å². The summed E-state index contributed by atoms with van der Waals surface area (Å²) < 4.78 is 0. The fraction of sp³-hybridized carbons (Fsp3) is 0.471. The molecule has 3 N–H and O–H groups in total. The predicted molar refractivity (Wildman–Crippen MR) is 87.4 cm³/mol. The Morgan fingerprint density at radius 2 is 2.00 bits per heavy atom. The SMILES string of the molecule is C=CCN1CCC(NC(=O)NCc2ccccc2CO)CC1. The molecule has 2 rings (SSSR count). The Morgan fingerprint density at radius 1 is 1.32 bits per heavy atom. The van der Waals surface area contributed by atoms with Gasteiger partial charge < -0.3 is 15.7 Å². The molecule has 0 spiro atoms. The van der Waals surface area contributed by atoms with Gasteiger partial charge in [-0.2, -0.15) is 0 Å². The number of aliphatic hydroxyl groups is 1. The number of aliphatic hydroxyl groups excluding tert-OH is 1. The number of amides is 2. The van der Waals surface area contributed by atoms with Gasteiger partial charge in [-0.3, -0.25) is 4.90 Å². The summed E-state index contributed by atoms with van der Waals surface area (Å²) in [6.45, 7) is 7.06. The molecule has 1 saturated heterocycles. The van der Waals surface area contributed by atoms with E-state index >= 15 is 0 Å². The number of benzene rings is 1. The fourth-order valence-corrected chi connectivity index (χ4v) is 2.74. The van der Waals surface area contributed by atoms with Crippen molar-refractivity contribution in [2.45, 2.75) is 32.0 Å². The van der Waals surface area contributed by atoms with E-state index in [9.17, 15) is 9.90 Å². The van der Waals surface area contributed by atoms with Crippen molar-refractivity contribution in [2.75, 3.05) is 19.6 Å². The van der Waals surface area contributed by atoms with Gasteiger partial charge in [0.15, 0.2) is 0 Å². The number of nitrogens with one attached hydrogen (secondary N) is 2. The second kappa shape index (κ2) is 8.56. The van der Waals surface area contributed by atoms with Crippen molar-refractivity contribution in [1.82, 2.24) is 15.5 Å². The third-order valence-electron chi connectivity index (χ3n) is 4.04.